The van der Waals surface area contributed by atoms with Gasteiger partial charge in [0.1, 0.15) is 5.82 Å². The summed E-state index contributed by atoms with van der Waals surface area (Å²) >= 11 is 0. The van der Waals surface area contributed by atoms with Gasteiger partial charge in [0.15, 0.2) is 0 Å². The monoisotopic (exact) mass is 371 g/mol. The van der Waals surface area contributed by atoms with Gasteiger partial charge in [-0.25, -0.2) is 4.98 Å². The van der Waals surface area contributed by atoms with E-state index in [-0.39, 0.29) is 5.91 Å². The van der Waals surface area contributed by atoms with E-state index in [1.807, 2.05) is 32.0 Å². The number of rotatable bonds is 5. The van der Waals surface area contributed by atoms with E-state index in [2.05, 4.69) is 21.4 Å². The van der Waals surface area contributed by atoms with Gasteiger partial charge < -0.3 is 11.1 Å². The number of anilines is 1. The van der Waals surface area contributed by atoms with Gasteiger partial charge in [-0.2, -0.15) is 5.26 Å². The Balaban J connectivity index is 1.71. The standard InChI is InChI=1S/C22H21N5O/c1-14-8-21(24)27-15(2)20(14)13-26-22(28)18-6-7-25-19(11-18)10-16-4-3-5-17(9-16)12-23/h3-9,11H,10,13H2,1-2H3,(H2,24,27)(H,26,28). The van der Waals surface area contributed by atoms with Crippen LogP contribution in [0.25, 0.3) is 0 Å². The van der Waals surface area contributed by atoms with Crippen molar-refractivity contribution in [3.05, 3.63) is 87.9 Å². The fourth-order valence-electron chi connectivity index (χ4n) is 3.10. The average Bonchev–Trinajstić information content (AvgIpc) is 2.67. The van der Waals surface area contributed by atoms with E-state index >= 15 is 0 Å². The Kier molecular flexibility index (Phi) is 5.66. The Morgan fingerprint density at radius 1 is 1.21 bits per heavy atom. The van der Waals surface area contributed by atoms with Crippen LogP contribution in [-0.2, 0) is 13.0 Å². The van der Waals surface area contributed by atoms with Crippen molar-refractivity contribution in [1.29, 1.82) is 5.26 Å². The summed E-state index contributed by atoms with van der Waals surface area (Å²) in [6.45, 7) is 4.21. The van der Waals surface area contributed by atoms with Gasteiger partial charge >= 0.3 is 0 Å². The van der Waals surface area contributed by atoms with Crippen molar-refractivity contribution < 1.29 is 4.79 Å². The topological polar surface area (TPSA) is 105 Å². The second-order valence-corrected chi connectivity index (χ2v) is 6.64. The molecule has 3 rings (SSSR count). The molecule has 6 heteroatoms. The maximum absolute atomic E-state index is 12.6. The van der Waals surface area contributed by atoms with E-state index < -0.39 is 0 Å². The van der Waals surface area contributed by atoms with Gasteiger partial charge in [0.2, 0.25) is 0 Å². The van der Waals surface area contributed by atoms with Crippen molar-refractivity contribution in [3.63, 3.8) is 0 Å². The Bertz CT molecular complexity index is 1050. The Labute approximate surface area is 164 Å². The second-order valence-electron chi connectivity index (χ2n) is 6.64. The number of nitrogens with zero attached hydrogens (tertiary/aromatic N) is 3. The molecular formula is C22H21N5O. The number of hydrogen-bond acceptors (Lipinski definition) is 5. The Morgan fingerprint density at radius 3 is 2.79 bits per heavy atom. The fraction of sp³-hybridized carbons (Fsp3) is 0.182. The minimum absolute atomic E-state index is 0.176. The van der Waals surface area contributed by atoms with Crippen LogP contribution in [0.2, 0.25) is 0 Å². The minimum Gasteiger partial charge on any atom is -0.384 e. The van der Waals surface area contributed by atoms with Crippen LogP contribution in [0.1, 0.15) is 44.0 Å². The quantitative estimate of drug-likeness (QED) is 0.717. The number of carbonyl (C=O) groups is 1. The van der Waals surface area contributed by atoms with Crippen LogP contribution in [0.15, 0.2) is 48.7 Å². The molecule has 1 amide bonds. The van der Waals surface area contributed by atoms with E-state index in [9.17, 15) is 4.79 Å². The number of nitrogen functional groups attached to an aromatic ring is 1. The van der Waals surface area contributed by atoms with Crippen molar-refractivity contribution in [3.8, 4) is 6.07 Å². The number of carbonyl (C=O) groups excluding carboxylic acids is 1. The first-order chi connectivity index (χ1) is 13.5. The van der Waals surface area contributed by atoms with E-state index in [1.165, 1.54) is 0 Å². The lowest BCUT2D eigenvalue weighted by atomic mass is 10.0. The zero-order valence-electron chi connectivity index (χ0n) is 15.9. The summed E-state index contributed by atoms with van der Waals surface area (Å²) < 4.78 is 0. The first-order valence-electron chi connectivity index (χ1n) is 8.91. The van der Waals surface area contributed by atoms with Gasteiger partial charge in [0.05, 0.1) is 11.6 Å². The predicted molar refractivity (Wildman–Crippen MR) is 107 cm³/mol. The highest BCUT2D eigenvalue weighted by Crippen LogP contribution is 2.15. The summed E-state index contributed by atoms with van der Waals surface area (Å²) in [5.74, 6) is 0.300. The van der Waals surface area contributed by atoms with E-state index in [0.717, 1.165) is 28.1 Å². The van der Waals surface area contributed by atoms with Gasteiger partial charge in [-0.15, -0.1) is 0 Å². The molecule has 2 aromatic heterocycles. The normalized spacial score (nSPS) is 10.3. The minimum atomic E-state index is -0.176. The van der Waals surface area contributed by atoms with Gasteiger partial charge in [0, 0.05) is 36.1 Å². The van der Waals surface area contributed by atoms with Gasteiger partial charge in [0.25, 0.3) is 5.91 Å². The molecule has 1 aromatic carbocycles. The highest BCUT2D eigenvalue weighted by molar-refractivity contribution is 5.94. The number of amides is 1. The van der Waals surface area contributed by atoms with Crippen molar-refractivity contribution in [2.24, 2.45) is 0 Å². The van der Waals surface area contributed by atoms with E-state index in [0.29, 0.717) is 29.9 Å². The average molecular weight is 371 g/mol. The molecule has 0 bridgehead atoms. The molecule has 0 aliphatic rings. The molecule has 0 aliphatic heterocycles. The Hall–Kier alpha value is -3.72. The van der Waals surface area contributed by atoms with E-state index in [4.69, 9.17) is 11.0 Å². The van der Waals surface area contributed by atoms with Crippen molar-refractivity contribution in [1.82, 2.24) is 15.3 Å². The third kappa shape index (κ3) is 4.51. The van der Waals surface area contributed by atoms with Crippen LogP contribution in [-0.4, -0.2) is 15.9 Å². The number of aryl methyl sites for hydroxylation is 2. The zero-order valence-corrected chi connectivity index (χ0v) is 15.9. The first kappa shape index (κ1) is 19.1. The summed E-state index contributed by atoms with van der Waals surface area (Å²) in [4.78, 5) is 21.2. The van der Waals surface area contributed by atoms with Crippen LogP contribution in [0.4, 0.5) is 5.82 Å². The molecule has 6 nitrogen and oxygen atoms in total. The number of benzene rings is 1. The lowest BCUT2D eigenvalue weighted by molar-refractivity contribution is 0.0950. The van der Waals surface area contributed by atoms with Gasteiger partial charge in [-0.1, -0.05) is 12.1 Å². The number of nitriles is 1. The van der Waals surface area contributed by atoms with Crippen LogP contribution in [0.5, 0.6) is 0 Å². The zero-order chi connectivity index (χ0) is 20.1. The molecule has 0 saturated heterocycles. The van der Waals surface area contributed by atoms with Gasteiger partial charge in [-0.05, 0) is 60.9 Å². The summed E-state index contributed by atoms with van der Waals surface area (Å²) in [6, 6.07) is 14.8. The molecule has 3 N–H and O–H groups in total. The Morgan fingerprint density at radius 2 is 2.04 bits per heavy atom. The number of hydrogen-bond donors (Lipinski definition) is 2. The third-order valence-electron chi connectivity index (χ3n) is 4.52. The predicted octanol–water partition coefficient (Wildman–Crippen LogP) is 3.07. The molecule has 0 fully saturated rings. The number of nitrogens with two attached hydrogens (primary N) is 1. The smallest absolute Gasteiger partial charge is 0.251 e. The summed E-state index contributed by atoms with van der Waals surface area (Å²) in [7, 11) is 0. The molecule has 0 atom stereocenters. The molecule has 0 spiro atoms. The fourth-order valence-corrected chi connectivity index (χ4v) is 3.10. The van der Waals surface area contributed by atoms with Crippen LogP contribution in [0.3, 0.4) is 0 Å². The second kappa shape index (κ2) is 8.31. The summed E-state index contributed by atoms with van der Waals surface area (Å²) in [5.41, 5.74) is 11.4. The molecule has 0 unspecified atom stereocenters. The van der Waals surface area contributed by atoms with Gasteiger partial charge in [-0.3, -0.25) is 9.78 Å². The van der Waals surface area contributed by atoms with E-state index in [1.54, 1.807) is 30.5 Å². The largest absolute Gasteiger partial charge is 0.384 e. The van der Waals surface area contributed by atoms with Crippen molar-refractivity contribution >= 4 is 11.7 Å². The summed E-state index contributed by atoms with van der Waals surface area (Å²) in [5, 5.41) is 12.0. The van der Waals surface area contributed by atoms with Crippen molar-refractivity contribution in [2.75, 3.05) is 5.73 Å². The first-order valence-corrected chi connectivity index (χ1v) is 8.91. The third-order valence-corrected chi connectivity index (χ3v) is 4.52. The highest BCUT2D eigenvalue weighted by Gasteiger charge is 2.11. The molecule has 3 aromatic rings. The molecular weight excluding hydrogens is 350 g/mol. The lowest BCUT2D eigenvalue weighted by Crippen LogP contribution is -2.24. The molecule has 0 saturated carbocycles. The number of pyridine rings is 2. The molecule has 140 valence electrons. The molecule has 0 radical (unpaired) electrons. The SMILES string of the molecule is Cc1cc(N)nc(C)c1CNC(=O)c1ccnc(Cc2cccc(C#N)c2)c1. The molecule has 2 heterocycles. The molecule has 28 heavy (non-hydrogen) atoms. The van der Waals surface area contributed by atoms with Crippen LogP contribution in [0, 0.1) is 25.2 Å². The lowest BCUT2D eigenvalue weighted by Gasteiger charge is -2.12. The number of aromatic nitrogens is 2. The maximum atomic E-state index is 12.6. The number of nitrogens with one attached hydrogen (secondary N) is 1. The highest BCUT2D eigenvalue weighted by atomic mass is 16.1. The van der Waals surface area contributed by atoms with Crippen LogP contribution >= 0.6 is 0 Å². The van der Waals surface area contributed by atoms with Crippen LogP contribution < -0.4 is 11.1 Å². The maximum Gasteiger partial charge on any atom is 0.251 e. The summed E-state index contributed by atoms with van der Waals surface area (Å²) in [6.07, 6.45) is 2.18. The molecule has 0 aliphatic carbocycles. The van der Waals surface area contributed by atoms with Crippen molar-refractivity contribution in [2.45, 2.75) is 26.8 Å².